The van der Waals surface area contributed by atoms with E-state index in [1.54, 1.807) is 6.92 Å². The molecule has 18 heavy (non-hydrogen) atoms. The number of rotatable bonds is 5. The van der Waals surface area contributed by atoms with Gasteiger partial charge in [0.15, 0.2) is 0 Å². The standard InChI is InChI=1S/C12H16F2N2O2/c1-7-5-11(14)9(6-10(7)13)8(2)16-3-4-18-12(15)17/h5-6,8,16H,3-4H2,1-2H3,(H2,15,17). The van der Waals surface area contributed by atoms with Crippen molar-refractivity contribution in [3.05, 3.63) is 34.9 Å². The van der Waals surface area contributed by atoms with Gasteiger partial charge in [-0.25, -0.2) is 13.6 Å². The van der Waals surface area contributed by atoms with Gasteiger partial charge < -0.3 is 15.8 Å². The molecule has 0 saturated carbocycles. The van der Waals surface area contributed by atoms with E-state index in [-0.39, 0.29) is 17.7 Å². The Morgan fingerprint density at radius 2 is 2.11 bits per heavy atom. The summed E-state index contributed by atoms with van der Waals surface area (Å²) in [6, 6.07) is 1.93. The Labute approximate surface area is 104 Å². The molecule has 1 amide bonds. The first kappa shape index (κ1) is 14.4. The SMILES string of the molecule is Cc1cc(F)c(C(C)NCCOC(N)=O)cc1F. The first-order valence-corrected chi connectivity index (χ1v) is 5.53. The van der Waals surface area contributed by atoms with Crippen LogP contribution in [0.4, 0.5) is 13.6 Å². The van der Waals surface area contributed by atoms with Crippen LogP contribution in [0, 0.1) is 18.6 Å². The maximum Gasteiger partial charge on any atom is 0.404 e. The first-order chi connectivity index (χ1) is 8.41. The highest BCUT2D eigenvalue weighted by molar-refractivity contribution is 5.64. The molecule has 1 unspecified atom stereocenters. The molecule has 3 N–H and O–H groups in total. The van der Waals surface area contributed by atoms with Gasteiger partial charge >= 0.3 is 6.09 Å². The number of amides is 1. The molecular formula is C12H16F2N2O2. The number of nitrogens with two attached hydrogens (primary N) is 1. The summed E-state index contributed by atoms with van der Waals surface area (Å²) in [6.07, 6.45) is -0.864. The summed E-state index contributed by atoms with van der Waals surface area (Å²) in [7, 11) is 0. The fourth-order valence-electron chi connectivity index (χ4n) is 1.53. The summed E-state index contributed by atoms with van der Waals surface area (Å²) >= 11 is 0. The minimum absolute atomic E-state index is 0.0790. The number of hydrogen-bond donors (Lipinski definition) is 2. The summed E-state index contributed by atoms with van der Waals surface area (Å²) in [4.78, 5) is 10.3. The molecule has 1 rings (SSSR count). The molecule has 0 aromatic heterocycles. The van der Waals surface area contributed by atoms with Crippen LogP contribution in [-0.2, 0) is 4.74 Å². The van der Waals surface area contributed by atoms with E-state index in [0.29, 0.717) is 6.54 Å². The Bertz CT molecular complexity index is 438. The molecule has 6 heteroatoms. The molecule has 0 aliphatic carbocycles. The Morgan fingerprint density at radius 1 is 1.44 bits per heavy atom. The second-order valence-corrected chi connectivity index (χ2v) is 3.97. The van der Waals surface area contributed by atoms with E-state index in [0.717, 1.165) is 12.1 Å². The fourth-order valence-corrected chi connectivity index (χ4v) is 1.53. The molecule has 0 heterocycles. The van der Waals surface area contributed by atoms with Gasteiger partial charge in [0.1, 0.15) is 18.2 Å². The van der Waals surface area contributed by atoms with Crippen molar-refractivity contribution >= 4 is 6.09 Å². The van der Waals surface area contributed by atoms with Crippen LogP contribution in [0.15, 0.2) is 12.1 Å². The average Bonchev–Trinajstić information content (AvgIpc) is 2.28. The number of aryl methyl sites for hydroxylation is 1. The molecule has 1 aromatic rings. The normalized spacial score (nSPS) is 12.2. The van der Waals surface area contributed by atoms with Gasteiger partial charge in [0, 0.05) is 18.2 Å². The van der Waals surface area contributed by atoms with Gasteiger partial charge in [-0.15, -0.1) is 0 Å². The maximum atomic E-state index is 13.6. The van der Waals surface area contributed by atoms with Gasteiger partial charge in [0.2, 0.25) is 0 Å². The predicted octanol–water partition coefficient (Wildman–Crippen LogP) is 2.02. The summed E-state index contributed by atoms with van der Waals surface area (Å²) < 4.78 is 31.4. The van der Waals surface area contributed by atoms with Crippen molar-refractivity contribution in [3.63, 3.8) is 0 Å². The van der Waals surface area contributed by atoms with Crippen LogP contribution in [-0.4, -0.2) is 19.2 Å². The molecule has 4 nitrogen and oxygen atoms in total. The van der Waals surface area contributed by atoms with Gasteiger partial charge in [-0.3, -0.25) is 0 Å². The van der Waals surface area contributed by atoms with Crippen LogP contribution in [0.25, 0.3) is 0 Å². The van der Waals surface area contributed by atoms with Crippen LogP contribution in [0.1, 0.15) is 24.1 Å². The minimum Gasteiger partial charge on any atom is -0.448 e. The Balaban J connectivity index is 2.58. The zero-order valence-electron chi connectivity index (χ0n) is 10.3. The third kappa shape index (κ3) is 3.96. The molecule has 1 aromatic carbocycles. The number of ether oxygens (including phenoxy) is 1. The van der Waals surface area contributed by atoms with Crippen molar-refractivity contribution in [2.75, 3.05) is 13.2 Å². The first-order valence-electron chi connectivity index (χ1n) is 5.53. The molecule has 0 aliphatic heterocycles. The van der Waals surface area contributed by atoms with Gasteiger partial charge in [-0.05, 0) is 31.5 Å². The Morgan fingerprint density at radius 3 is 2.72 bits per heavy atom. The van der Waals surface area contributed by atoms with E-state index in [4.69, 9.17) is 5.73 Å². The van der Waals surface area contributed by atoms with Crippen molar-refractivity contribution in [2.45, 2.75) is 19.9 Å². The number of halogens is 2. The lowest BCUT2D eigenvalue weighted by Gasteiger charge is -2.15. The van der Waals surface area contributed by atoms with E-state index in [1.807, 2.05) is 0 Å². The topological polar surface area (TPSA) is 64.3 Å². The lowest BCUT2D eigenvalue weighted by molar-refractivity contribution is 0.156. The van der Waals surface area contributed by atoms with Crippen molar-refractivity contribution in [2.24, 2.45) is 5.73 Å². The largest absolute Gasteiger partial charge is 0.448 e. The van der Waals surface area contributed by atoms with Gasteiger partial charge in [-0.2, -0.15) is 0 Å². The number of benzene rings is 1. The van der Waals surface area contributed by atoms with E-state index >= 15 is 0 Å². The van der Waals surface area contributed by atoms with Gasteiger partial charge in [0.25, 0.3) is 0 Å². The summed E-state index contributed by atoms with van der Waals surface area (Å²) in [5, 5.41) is 2.90. The zero-order chi connectivity index (χ0) is 13.7. The van der Waals surface area contributed by atoms with E-state index in [1.165, 1.54) is 6.92 Å². The molecule has 0 spiro atoms. The summed E-state index contributed by atoms with van der Waals surface area (Å²) in [6.45, 7) is 3.58. The van der Waals surface area contributed by atoms with Crippen molar-refractivity contribution in [3.8, 4) is 0 Å². The molecule has 0 radical (unpaired) electrons. The average molecular weight is 258 g/mol. The minimum atomic E-state index is -0.864. The third-order valence-corrected chi connectivity index (χ3v) is 2.54. The number of primary amides is 1. The van der Waals surface area contributed by atoms with E-state index < -0.39 is 23.8 Å². The van der Waals surface area contributed by atoms with Crippen LogP contribution in [0.2, 0.25) is 0 Å². The highest BCUT2D eigenvalue weighted by Crippen LogP contribution is 2.20. The van der Waals surface area contributed by atoms with Crippen molar-refractivity contribution in [1.82, 2.24) is 5.32 Å². The highest BCUT2D eigenvalue weighted by atomic mass is 19.1. The smallest absolute Gasteiger partial charge is 0.404 e. The molecular weight excluding hydrogens is 242 g/mol. The number of carbonyl (C=O) groups is 1. The predicted molar refractivity (Wildman–Crippen MR) is 63.0 cm³/mol. The molecule has 0 bridgehead atoms. The third-order valence-electron chi connectivity index (χ3n) is 2.54. The second kappa shape index (κ2) is 6.30. The number of hydrogen-bond acceptors (Lipinski definition) is 3. The molecule has 1 atom stereocenters. The van der Waals surface area contributed by atoms with Crippen LogP contribution in [0.5, 0.6) is 0 Å². The number of carbonyl (C=O) groups excluding carboxylic acids is 1. The second-order valence-electron chi connectivity index (χ2n) is 3.97. The van der Waals surface area contributed by atoms with Crippen LogP contribution in [0.3, 0.4) is 0 Å². The van der Waals surface area contributed by atoms with Crippen LogP contribution < -0.4 is 11.1 Å². The van der Waals surface area contributed by atoms with Crippen LogP contribution >= 0.6 is 0 Å². The molecule has 0 fully saturated rings. The van der Waals surface area contributed by atoms with Crippen molar-refractivity contribution < 1.29 is 18.3 Å². The Kier molecular flexibility index (Phi) is 5.03. The fraction of sp³-hybridized carbons (Fsp3) is 0.417. The molecule has 100 valence electrons. The monoisotopic (exact) mass is 258 g/mol. The molecule has 0 aliphatic rings. The van der Waals surface area contributed by atoms with E-state index in [9.17, 15) is 13.6 Å². The van der Waals surface area contributed by atoms with Crippen molar-refractivity contribution in [1.29, 1.82) is 0 Å². The maximum absolute atomic E-state index is 13.6. The summed E-state index contributed by atoms with van der Waals surface area (Å²) in [5.74, 6) is -0.918. The molecule has 0 saturated heterocycles. The Hall–Kier alpha value is -1.69. The lowest BCUT2D eigenvalue weighted by Crippen LogP contribution is -2.26. The van der Waals surface area contributed by atoms with Gasteiger partial charge in [-0.1, -0.05) is 0 Å². The zero-order valence-corrected chi connectivity index (χ0v) is 10.3. The number of nitrogens with one attached hydrogen (secondary N) is 1. The quantitative estimate of drug-likeness (QED) is 0.794. The van der Waals surface area contributed by atoms with E-state index in [2.05, 4.69) is 10.1 Å². The highest BCUT2D eigenvalue weighted by Gasteiger charge is 2.13. The van der Waals surface area contributed by atoms with Gasteiger partial charge in [0.05, 0.1) is 0 Å². The summed E-state index contributed by atoms with van der Waals surface area (Å²) in [5.41, 5.74) is 5.28. The lowest BCUT2D eigenvalue weighted by atomic mass is 10.1.